The van der Waals surface area contributed by atoms with Gasteiger partial charge in [0.05, 0.1) is 12.1 Å². The number of unbranched alkanes of at least 4 members (excludes halogenated alkanes) is 12. The van der Waals surface area contributed by atoms with Crippen LogP contribution in [0.4, 0.5) is 0 Å². The second-order valence-corrected chi connectivity index (χ2v) is 6.62. The van der Waals surface area contributed by atoms with Crippen LogP contribution in [0.5, 0.6) is 0 Å². The first-order chi connectivity index (χ1) is 10.7. The molecule has 3 heteroatoms. The van der Waals surface area contributed by atoms with Gasteiger partial charge in [-0.05, 0) is 13.3 Å². The first kappa shape index (κ1) is 21.4. The molecule has 1 radical (unpaired) electrons. The molecular weight excluding hydrogens is 274 g/mol. The molecule has 0 saturated carbocycles. The zero-order chi connectivity index (χ0) is 16.5. The fourth-order valence-corrected chi connectivity index (χ4v) is 2.89. The minimum Gasteiger partial charge on any atom is -0.391 e. The average molecular weight is 313 g/mol. The molecule has 1 amide bonds. The number of nitrogens with one attached hydrogen (secondary N) is 1. The smallest absolute Gasteiger partial charge is 0.309 e. The summed E-state index contributed by atoms with van der Waals surface area (Å²) in [5, 5.41) is 12.1. The maximum absolute atomic E-state index is 10.3. The van der Waals surface area contributed by atoms with Gasteiger partial charge in [-0.1, -0.05) is 90.4 Å². The lowest BCUT2D eigenvalue weighted by Gasteiger charge is -2.18. The number of amides is 1. The molecule has 0 fully saturated rings. The van der Waals surface area contributed by atoms with Crippen LogP contribution >= 0.6 is 0 Å². The predicted octanol–water partition coefficient (Wildman–Crippen LogP) is 4.87. The highest BCUT2D eigenvalue weighted by Gasteiger charge is 2.12. The van der Waals surface area contributed by atoms with Gasteiger partial charge in [0.15, 0.2) is 0 Å². The van der Waals surface area contributed by atoms with E-state index >= 15 is 0 Å². The maximum Gasteiger partial charge on any atom is 0.309 e. The van der Waals surface area contributed by atoms with Crippen molar-refractivity contribution >= 4 is 6.41 Å². The Morgan fingerprint density at radius 1 is 0.818 bits per heavy atom. The molecule has 0 rings (SSSR count). The molecular formula is C19H38NO2. The van der Waals surface area contributed by atoms with Gasteiger partial charge in [-0.25, -0.2) is 0 Å². The van der Waals surface area contributed by atoms with Gasteiger partial charge in [0.2, 0.25) is 0 Å². The zero-order valence-electron chi connectivity index (χ0n) is 14.9. The quantitative estimate of drug-likeness (QED) is 0.297. The largest absolute Gasteiger partial charge is 0.391 e. The van der Waals surface area contributed by atoms with E-state index in [0.717, 1.165) is 12.8 Å². The molecule has 0 heterocycles. The molecule has 131 valence electrons. The van der Waals surface area contributed by atoms with Crippen LogP contribution in [0.25, 0.3) is 0 Å². The van der Waals surface area contributed by atoms with E-state index in [0.29, 0.717) is 0 Å². The van der Waals surface area contributed by atoms with Crippen LogP contribution in [0, 0.1) is 0 Å². The molecule has 0 aliphatic carbocycles. The standard InChI is InChI=1S/C19H38NO2/c1-3-4-5-6-7-8-9-10-11-12-13-14-15-16-19(18(2)22)20-17-21/h18-19,22H,3-16H2,1-2H3,(H,20,21). The van der Waals surface area contributed by atoms with E-state index in [1.54, 1.807) is 13.3 Å². The van der Waals surface area contributed by atoms with Gasteiger partial charge in [-0.2, -0.15) is 0 Å². The Labute approximate surface area is 138 Å². The topological polar surface area (TPSA) is 49.3 Å². The Hall–Kier alpha value is -0.570. The Morgan fingerprint density at radius 3 is 1.59 bits per heavy atom. The molecule has 0 aromatic heterocycles. The van der Waals surface area contributed by atoms with E-state index in [4.69, 9.17) is 0 Å². The summed E-state index contributed by atoms with van der Waals surface area (Å²) in [5.74, 6) is 0. The van der Waals surface area contributed by atoms with E-state index in [9.17, 15) is 9.90 Å². The summed E-state index contributed by atoms with van der Waals surface area (Å²) in [5.41, 5.74) is 0. The minimum atomic E-state index is -0.487. The molecule has 22 heavy (non-hydrogen) atoms. The summed E-state index contributed by atoms with van der Waals surface area (Å²) in [4.78, 5) is 10.3. The lowest BCUT2D eigenvalue weighted by molar-refractivity contribution is 0.148. The Bertz CT molecular complexity index is 231. The van der Waals surface area contributed by atoms with Crippen LogP contribution in [0.15, 0.2) is 0 Å². The number of hydrogen-bond acceptors (Lipinski definition) is 2. The van der Waals surface area contributed by atoms with Gasteiger partial charge in [-0.15, -0.1) is 0 Å². The third-order valence-electron chi connectivity index (χ3n) is 4.45. The molecule has 0 saturated heterocycles. The van der Waals surface area contributed by atoms with Crippen LogP contribution in [0.3, 0.4) is 0 Å². The van der Waals surface area contributed by atoms with Crippen LogP contribution in [-0.4, -0.2) is 23.7 Å². The predicted molar refractivity (Wildman–Crippen MR) is 94.6 cm³/mol. The highest BCUT2D eigenvalue weighted by molar-refractivity contribution is 5.47. The Balaban J connectivity index is 3.21. The summed E-state index contributed by atoms with van der Waals surface area (Å²) < 4.78 is 0. The molecule has 0 aliphatic heterocycles. The van der Waals surface area contributed by atoms with Crippen molar-refractivity contribution in [3.8, 4) is 0 Å². The van der Waals surface area contributed by atoms with Crippen molar-refractivity contribution in [2.75, 3.05) is 0 Å². The zero-order valence-corrected chi connectivity index (χ0v) is 14.9. The Kier molecular flexibility index (Phi) is 16.4. The number of rotatable bonds is 17. The van der Waals surface area contributed by atoms with Crippen molar-refractivity contribution in [1.82, 2.24) is 5.32 Å². The molecule has 0 spiro atoms. The van der Waals surface area contributed by atoms with Crippen LogP contribution in [0.1, 0.15) is 104 Å². The second kappa shape index (κ2) is 16.8. The van der Waals surface area contributed by atoms with Gasteiger partial charge in [0, 0.05) is 0 Å². The first-order valence-corrected chi connectivity index (χ1v) is 9.53. The van der Waals surface area contributed by atoms with Gasteiger partial charge in [0.1, 0.15) is 0 Å². The SMILES string of the molecule is CCCCCCCCCCCCCCCC(N[C]=O)C(C)O. The van der Waals surface area contributed by atoms with E-state index in [1.807, 2.05) is 0 Å². The second-order valence-electron chi connectivity index (χ2n) is 6.62. The fraction of sp³-hybridized carbons (Fsp3) is 0.947. The number of aliphatic hydroxyl groups is 1. The highest BCUT2D eigenvalue weighted by Crippen LogP contribution is 2.13. The lowest BCUT2D eigenvalue weighted by atomic mass is 10.0. The summed E-state index contributed by atoms with van der Waals surface area (Å²) in [6.07, 6.45) is 19.4. The lowest BCUT2D eigenvalue weighted by Crippen LogP contribution is -2.37. The Morgan fingerprint density at radius 2 is 1.23 bits per heavy atom. The number of carbonyl (C=O) groups excluding carboxylic acids is 1. The minimum absolute atomic E-state index is 0.134. The molecule has 2 atom stereocenters. The summed E-state index contributed by atoms with van der Waals surface area (Å²) >= 11 is 0. The summed E-state index contributed by atoms with van der Waals surface area (Å²) in [6, 6.07) is -0.134. The molecule has 0 aromatic rings. The van der Waals surface area contributed by atoms with Crippen molar-refractivity contribution in [1.29, 1.82) is 0 Å². The normalized spacial score (nSPS) is 13.8. The monoisotopic (exact) mass is 312 g/mol. The molecule has 2 unspecified atom stereocenters. The number of hydrogen-bond donors (Lipinski definition) is 2. The average Bonchev–Trinajstić information content (AvgIpc) is 2.50. The van der Waals surface area contributed by atoms with Gasteiger partial charge in [-0.3, -0.25) is 4.79 Å². The van der Waals surface area contributed by atoms with E-state index in [1.165, 1.54) is 77.0 Å². The van der Waals surface area contributed by atoms with Crippen molar-refractivity contribution in [3.05, 3.63) is 0 Å². The van der Waals surface area contributed by atoms with Crippen molar-refractivity contribution in [2.45, 2.75) is 116 Å². The molecule has 0 aliphatic rings. The van der Waals surface area contributed by atoms with E-state index < -0.39 is 6.10 Å². The molecule has 3 nitrogen and oxygen atoms in total. The fourth-order valence-electron chi connectivity index (χ4n) is 2.89. The highest BCUT2D eigenvalue weighted by atomic mass is 16.3. The van der Waals surface area contributed by atoms with Crippen LogP contribution in [0.2, 0.25) is 0 Å². The van der Waals surface area contributed by atoms with E-state index in [-0.39, 0.29) is 6.04 Å². The summed E-state index contributed by atoms with van der Waals surface area (Å²) in [7, 11) is 0. The van der Waals surface area contributed by atoms with Crippen molar-refractivity contribution < 1.29 is 9.90 Å². The third-order valence-corrected chi connectivity index (χ3v) is 4.45. The third kappa shape index (κ3) is 14.4. The van der Waals surface area contributed by atoms with E-state index in [2.05, 4.69) is 12.2 Å². The molecule has 2 N–H and O–H groups in total. The van der Waals surface area contributed by atoms with Crippen molar-refractivity contribution in [2.24, 2.45) is 0 Å². The van der Waals surface area contributed by atoms with Crippen molar-refractivity contribution in [3.63, 3.8) is 0 Å². The number of aliphatic hydroxyl groups excluding tert-OH is 1. The summed E-state index contributed by atoms with van der Waals surface area (Å²) in [6.45, 7) is 3.99. The maximum atomic E-state index is 10.3. The first-order valence-electron chi connectivity index (χ1n) is 9.53. The van der Waals surface area contributed by atoms with Gasteiger partial charge >= 0.3 is 6.41 Å². The van der Waals surface area contributed by atoms with Crippen LogP contribution in [-0.2, 0) is 4.79 Å². The molecule has 0 bridgehead atoms. The van der Waals surface area contributed by atoms with Crippen LogP contribution < -0.4 is 5.32 Å². The molecule has 0 aromatic carbocycles. The van der Waals surface area contributed by atoms with Gasteiger partial charge < -0.3 is 10.4 Å². The van der Waals surface area contributed by atoms with Gasteiger partial charge in [0.25, 0.3) is 0 Å².